The number of ketones is 1. The predicted molar refractivity (Wildman–Crippen MR) is 59.3 cm³/mol. The molecule has 0 saturated heterocycles. The van der Waals surface area contributed by atoms with Gasteiger partial charge in [0.2, 0.25) is 0 Å². The van der Waals surface area contributed by atoms with Gasteiger partial charge in [0, 0.05) is 12.3 Å². The minimum Gasteiger partial charge on any atom is -0.293 e. The van der Waals surface area contributed by atoms with Crippen molar-refractivity contribution in [2.75, 3.05) is 0 Å². The quantitative estimate of drug-likeness (QED) is 0.734. The number of carbonyl (C=O) groups is 1. The van der Waals surface area contributed by atoms with Crippen LogP contribution in [0.15, 0.2) is 18.2 Å². The zero-order chi connectivity index (χ0) is 13.5. The van der Waals surface area contributed by atoms with E-state index in [0.717, 1.165) is 6.07 Å². The lowest BCUT2D eigenvalue weighted by atomic mass is 10.1. The van der Waals surface area contributed by atoms with Crippen LogP contribution >= 0.6 is 0 Å². The SMILES string of the molecule is CC(=O)c1nc(C)nc2c(C(F)(F)F)cccc12. The van der Waals surface area contributed by atoms with E-state index in [1.54, 1.807) is 0 Å². The average molecular weight is 254 g/mol. The van der Waals surface area contributed by atoms with Crippen LogP contribution in [-0.4, -0.2) is 15.8 Å². The lowest BCUT2D eigenvalue weighted by Crippen LogP contribution is -2.10. The molecule has 0 amide bonds. The molecule has 1 heterocycles. The molecular weight excluding hydrogens is 245 g/mol. The number of Topliss-reactive ketones (excluding diaryl/α,β-unsaturated/α-hetero) is 1. The summed E-state index contributed by atoms with van der Waals surface area (Å²) in [5.74, 6) is -0.241. The van der Waals surface area contributed by atoms with Crippen LogP contribution < -0.4 is 0 Å². The van der Waals surface area contributed by atoms with Crippen LogP contribution in [0.25, 0.3) is 10.9 Å². The lowest BCUT2D eigenvalue weighted by Gasteiger charge is -2.11. The Balaban J connectivity index is 2.90. The highest BCUT2D eigenvalue weighted by Crippen LogP contribution is 2.34. The second-order valence-electron chi connectivity index (χ2n) is 3.88. The van der Waals surface area contributed by atoms with Gasteiger partial charge in [0.1, 0.15) is 11.5 Å². The highest BCUT2D eigenvalue weighted by Gasteiger charge is 2.33. The summed E-state index contributed by atoms with van der Waals surface area (Å²) >= 11 is 0. The third-order valence-electron chi connectivity index (χ3n) is 2.48. The van der Waals surface area contributed by atoms with E-state index >= 15 is 0 Å². The number of fused-ring (bicyclic) bond motifs is 1. The number of nitrogens with zero attached hydrogens (tertiary/aromatic N) is 2. The topological polar surface area (TPSA) is 42.9 Å². The highest BCUT2D eigenvalue weighted by molar-refractivity contribution is 6.04. The molecule has 1 aromatic heterocycles. The van der Waals surface area contributed by atoms with Crippen LogP contribution in [0.3, 0.4) is 0 Å². The Morgan fingerprint density at radius 3 is 2.44 bits per heavy atom. The summed E-state index contributed by atoms with van der Waals surface area (Å²) in [4.78, 5) is 19.1. The maximum atomic E-state index is 12.8. The standard InChI is InChI=1S/C12H9F3N2O/c1-6(18)10-8-4-3-5-9(12(13,14)15)11(8)17-7(2)16-10/h3-5H,1-2H3. The predicted octanol–water partition coefficient (Wildman–Crippen LogP) is 3.16. The molecule has 0 atom stereocenters. The molecule has 0 radical (unpaired) electrons. The van der Waals surface area contributed by atoms with Gasteiger partial charge < -0.3 is 0 Å². The van der Waals surface area contributed by atoms with Crippen molar-refractivity contribution in [3.8, 4) is 0 Å². The van der Waals surface area contributed by atoms with E-state index in [9.17, 15) is 18.0 Å². The van der Waals surface area contributed by atoms with Crippen molar-refractivity contribution in [3.63, 3.8) is 0 Å². The maximum Gasteiger partial charge on any atom is 0.418 e. The Morgan fingerprint density at radius 2 is 1.89 bits per heavy atom. The van der Waals surface area contributed by atoms with Crippen molar-refractivity contribution >= 4 is 16.7 Å². The summed E-state index contributed by atoms with van der Waals surface area (Å²) in [6.07, 6.45) is -4.51. The Labute approximate surface area is 101 Å². The monoisotopic (exact) mass is 254 g/mol. The Morgan fingerprint density at radius 1 is 1.22 bits per heavy atom. The van der Waals surface area contributed by atoms with Crippen molar-refractivity contribution in [1.82, 2.24) is 9.97 Å². The number of hydrogen-bond donors (Lipinski definition) is 0. The molecule has 0 spiro atoms. The molecule has 94 valence electrons. The van der Waals surface area contributed by atoms with E-state index in [1.807, 2.05) is 0 Å². The van der Waals surface area contributed by atoms with Gasteiger partial charge >= 0.3 is 6.18 Å². The molecule has 6 heteroatoms. The zero-order valence-corrected chi connectivity index (χ0v) is 9.67. The fraction of sp³-hybridized carbons (Fsp3) is 0.250. The first kappa shape index (κ1) is 12.5. The fourth-order valence-electron chi connectivity index (χ4n) is 1.76. The molecule has 2 aromatic rings. The number of aromatic nitrogens is 2. The average Bonchev–Trinajstić information content (AvgIpc) is 2.25. The first-order chi connectivity index (χ1) is 8.30. The summed E-state index contributed by atoms with van der Waals surface area (Å²) < 4.78 is 38.5. The Bertz CT molecular complexity index is 635. The van der Waals surface area contributed by atoms with Crippen molar-refractivity contribution in [1.29, 1.82) is 0 Å². The molecule has 1 aromatic carbocycles. The molecule has 2 rings (SSSR count). The summed E-state index contributed by atoms with van der Waals surface area (Å²) in [6, 6.07) is 3.61. The first-order valence-electron chi connectivity index (χ1n) is 5.16. The minimum absolute atomic E-state index is 0.0172. The van der Waals surface area contributed by atoms with E-state index in [-0.39, 0.29) is 28.2 Å². The number of alkyl halides is 3. The van der Waals surface area contributed by atoms with E-state index in [2.05, 4.69) is 9.97 Å². The first-order valence-corrected chi connectivity index (χ1v) is 5.16. The second kappa shape index (κ2) is 4.04. The molecule has 0 bridgehead atoms. The van der Waals surface area contributed by atoms with Gasteiger partial charge in [-0.2, -0.15) is 13.2 Å². The molecule has 0 aliphatic carbocycles. The fourth-order valence-corrected chi connectivity index (χ4v) is 1.76. The van der Waals surface area contributed by atoms with Crippen LogP contribution in [0, 0.1) is 6.92 Å². The van der Waals surface area contributed by atoms with Gasteiger partial charge in [-0.3, -0.25) is 4.79 Å². The van der Waals surface area contributed by atoms with Gasteiger partial charge in [0.25, 0.3) is 0 Å². The van der Waals surface area contributed by atoms with Crippen molar-refractivity contribution in [3.05, 3.63) is 35.3 Å². The number of carbonyl (C=O) groups excluding carboxylic acids is 1. The molecule has 0 saturated carbocycles. The summed E-state index contributed by atoms with van der Waals surface area (Å²) in [5.41, 5.74) is -1.07. The van der Waals surface area contributed by atoms with E-state index in [0.29, 0.717) is 0 Å². The summed E-state index contributed by atoms with van der Waals surface area (Å²) in [6.45, 7) is 2.72. The summed E-state index contributed by atoms with van der Waals surface area (Å²) in [7, 11) is 0. The maximum absolute atomic E-state index is 12.8. The van der Waals surface area contributed by atoms with Crippen LogP contribution in [0.2, 0.25) is 0 Å². The largest absolute Gasteiger partial charge is 0.418 e. The molecule has 0 aliphatic rings. The highest BCUT2D eigenvalue weighted by atomic mass is 19.4. The van der Waals surface area contributed by atoms with Gasteiger partial charge in [0.15, 0.2) is 5.78 Å². The van der Waals surface area contributed by atoms with Crippen LogP contribution in [0.1, 0.15) is 28.8 Å². The smallest absolute Gasteiger partial charge is 0.293 e. The van der Waals surface area contributed by atoms with Crippen molar-refractivity contribution in [2.45, 2.75) is 20.0 Å². The Hall–Kier alpha value is -1.98. The van der Waals surface area contributed by atoms with E-state index in [1.165, 1.54) is 26.0 Å². The van der Waals surface area contributed by atoms with Crippen LogP contribution in [-0.2, 0) is 6.18 Å². The lowest BCUT2D eigenvalue weighted by molar-refractivity contribution is -0.136. The second-order valence-corrected chi connectivity index (χ2v) is 3.88. The van der Waals surface area contributed by atoms with Crippen molar-refractivity contribution < 1.29 is 18.0 Å². The Kier molecular flexibility index (Phi) is 2.80. The molecule has 0 N–H and O–H groups in total. The molecule has 3 nitrogen and oxygen atoms in total. The molecule has 0 fully saturated rings. The number of para-hydroxylation sites is 1. The number of aryl methyl sites for hydroxylation is 1. The number of halogens is 3. The molecule has 18 heavy (non-hydrogen) atoms. The van der Waals surface area contributed by atoms with Crippen molar-refractivity contribution in [2.24, 2.45) is 0 Å². The molecule has 0 aliphatic heterocycles. The normalized spacial score (nSPS) is 11.8. The molecular formula is C12H9F3N2O. The van der Waals surface area contributed by atoms with Gasteiger partial charge in [-0.05, 0) is 13.0 Å². The minimum atomic E-state index is -4.51. The zero-order valence-electron chi connectivity index (χ0n) is 9.67. The van der Waals surface area contributed by atoms with Gasteiger partial charge in [-0.25, -0.2) is 9.97 Å². The van der Waals surface area contributed by atoms with Crippen LogP contribution in [0.5, 0.6) is 0 Å². The van der Waals surface area contributed by atoms with Gasteiger partial charge in [-0.1, -0.05) is 12.1 Å². The third-order valence-corrected chi connectivity index (χ3v) is 2.48. The van der Waals surface area contributed by atoms with E-state index in [4.69, 9.17) is 0 Å². The van der Waals surface area contributed by atoms with E-state index < -0.39 is 11.7 Å². The van der Waals surface area contributed by atoms with Gasteiger partial charge in [0.05, 0.1) is 11.1 Å². The van der Waals surface area contributed by atoms with Gasteiger partial charge in [-0.15, -0.1) is 0 Å². The molecule has 0 unspecified atom stereocenters. The number of rotatable bonds is 1. The van der Waals surface area contributed by atoms with Crippen LogP contribution in [0.4, 0.5) is 13.2 Å². The number of hydrogen-bond acceptors (Lipinski definition) is 3. The number of benzene rings is 1. The summed E-state index contributed by atoms with van der Waals surface area (Å²) in [5, 5.41) is 0.128. The third kappa shape index (κ3) is 2.05.